The quantitative estimate of drug-likeness (QED) is 0.256. The van der Waals surface area contributed by atoms with Gasteiger partial charge >= 0.3 is 0 Å². The lowest BCUT2D eigenvalue weighted by Gasteiger charge is -2.31. The lowest BCUT2D eigenvalue weighted by atomic mass is 9.84. The maximum atomic E-state index is 12.8. The van der Waals surface area contributed by atoms with Crippen molar-refractivity contribution in [1.29, 1.82) is 0 Å². The zero-order valence-electron chi connectivity index (χ0n) is 22.2. The molecule has 0 saturated heterocycles. The first-order valence-electron chi connectivity index (χ1n) is 12.3. The van der Waals surface area contributed by atoms with Crippen molar-refractivity contribution < 1.29 is 9.59 Å². The van der Waals surface area contributed by atoms with Crippen LogP contribution in [0.15, 0.2) is 58.8 Å². The molecular formula is C28H41N5O2. The van der Waals surface area contributed by atoms with Crippen LogP contribution in [0.2, 0.25) is 0 Å². The standard InChI is InChI=1S/C28H41N5O2/c1-27(2,3)25(34)24(31-28(4,5)6)10-8-9-19-30-26(35)20-11-13-22(14-12-20)32-33-23-17-15-21(29-7)16-18-23/h11-18,24,29,31H,8-10,19H2,1-7H3,(H,30,35). The number of Topliss-reactive ketones (excluding diaryl/α,β-unsaturated/α-hetero) is 1. The average molecular weight is 480 g/mol. The molecule has 1 atom stereocenters. The van der Waals surface area contributed by atoms with Crippen molar-refractivity contribution in [2.24, 2.45) is 15.6 Å². The number of nitrogens with one attached hydrogen (secondary N) is 3. The van der Waals surface area contributed by atoms with E-state index in [1.54, 1.807) is 24.3 Å². The molecule has 2 rings (SSSR count). The molecule has 35 heavy (non-hydrogen) atoms. The van der Waals surface area contributed by atoms with Gasteiger partial charge in [-0.2, -0.15) is 10.2 Å². The second kappa shape index (κ2) is 12.6. The van der Waals surface area contributed by atoms with E-state index in [2.05, 4.69) is 47.0 Å². The number of carbonyl (C=O) groups excluding carboxylic acids is 2. The second-order valence-corrected chi connectivity index (χ2v) is 10.9. The lowest BCUT2D eigenvalue weighted by molar-refractivity contribution is -0.129. The van der Waals surface area contributed by atoms with Crippen LogP contribution in [0, 0.1) is 5.41 Å². The molecule has 0 spiro atoms. The van der Waals surface area contributed by atoms with Crippen molar-refractivity contribution in [2.75, 3.05) is 18.9 Å². The summed E-state index contributed by atoms with van der Waals surface area (Å²) in [5, 5.41) is 17.9. The molecular weight excluding hydrogens is 438 g/mol. The third kappa shape index (κ3) is 9.99. The Morgan fingerprint density at radius 3 is 1.86 bits per heavy atom. The number of azo groups is 1. The molecule has 0 aliphatic rings. The van der Waals surface area contributed by atoms with Crippen molar-refractivity contribution in [2.45, 2.75) is 72.4 Å². The maximum absolute atomic E-state index is 12.8. The van der Waals surface area contributed by atoms with E-state index >= 15 is 0 Å². The molecule has 0 radical (unpaired) electrons. The highest BCUT2D eigenvalue weighted by atomic mass is 16.1. The summed E-state index contributed by atoms with van der Waals surface area (Å²) < 4.78 is 0. The molecule has 0 aliphatic carbocycles. The van der Waals surface area contributed by atoms with Gasteiger partial charge in [-0.15, -0.1) is 0 Å². The van der Waals surface area contributed by atoms with Crippen LogP contribution in [0.5, 0.6) is 0 Å². The molecule has 0 fully saturated rings. The first-order chi connectivity index (χ1) is 16.4. The number of nitrogens with zero attached hydrogens (tertiary/aromatic N) is 2. The molecule has 2 aromatic carbocycles. The highest BCUT2D eigenvalue weighted by Crippen LogP contribution is 2.22. The minimum Gasteiger partial charge on any atom is -0.388 e. The lowest BCUT2D eigenvalue weighted by Crippen LogP contribution is -2.50. The number of unbranched alkanes of at least 4 members (excludes halogenated alkanes) is 1. The summed E-state index contributed by atoms with van der Waals surface area (Å²) >= 11 is 0. The van der Waals surface area contributed by atoms with E-state index in [1.807, 2.05) is 52.1 Å². The van der Waals surface area contributed by atoms with Crippen LogP contribution in [0.1, 0.15) is 71.2 Å². The van der Waals surface area contributed by atoms with Gasteiger partial charge in [0.25, 0.3) is 5.91 Å². The number of rotatable bonds is 11. The number of hydrogen-bond acceptors (Lipinski definition) is 6. The van der Waals surface area contributed by atoms with Crippen LogP contribution in [0.25, 0.3) is 0 Å². The van der Waals surface area contributed by atoms with Gasteiger partial charge in [-0.25, -0.2) is 0 Å². The number of hydrogen-bond donors (Lipinski definition) is 3. The van der Waals surface area contributed by atoms with Gasteiger partial charge in [-0.05, 0) is 88.6 Å². The summed E-state index contributed by atoms with van der Waals surface area (Å²) in [6, 6.07) is 14.5. The number of carbonyl (C=O) groups is 2. The molecule has 1 unspecified atom stereocenters. The Hall–Kier alpha value is -3.06. The first kappa shape index (κ1) is 28.2. The molecule has 2 aromatic rings. The van der Waals surface area contributed by atoms with Crippen LogP contribution in [0.4, 0.5) is 17.1 Å². The summed E-state index contributed by atoms with van der Waals surface area (Å²) in [5.74, 6) is 0.106. The fourth-order valence-electron chi connectivity index (χ4n) is 3.58. The number of amides is 1. The molecule has 7 nitrogen and oxygen atoms in total. The Balaban J connectivity index is 1.81. The predicted octanol–water partition coefficient (Wildman–Crippen LogP) is 6.42. The largest absolute Gasteiger partial charge is 0.388 e. The first-order valence-corrected chi connectivity index (χ1v) is 12.3. The molecule has 0 saturated carbocycles. The Morgan fingerprint density at radius 1 is 0.829 bits per heavy atom. The monoisotopic (exact) mass is 479 g/mol. The van der Waals surface area contributed by atoms with Gasteiger partial charge in [0.15, 0.2) is 5.78 Å². The zero-order chi connectivity index (χ0) is 26.1. The highest BCUT2D eigenvalue weighted by molar-refractivity contribution is 5.94. The third-order valence-corrected chi connectivity index (χ3v) is 5.43. The number of anilines is 1. The van der Waals surface area contributed by atoms with Crippen LogP contribution >= 0.6 is 0 Å². The fraction of sp³-hybridized carbons (Fsp3) is 0.500. The zero-order valence-corrected chi connectivity index (χ0v) is 22.2. The molecule has 0 bridgehead atoms. The Bertz CT molecular complexity index is 984. The normalized spacial score (nSPS) is 13.0. The van der Waals surface area contributed by atoms with Gasteiger partial charge < -0.3 is 16.0 Å². The van der Waals surface area contributed by atoms with E-state index in [-0.39, 0.29) is 28.7 Å². The average Bonchev–Trinajstić information content (AvgIpc) is 2.80. The molecule has 0 aliphatic heterocycles. The van der Waals surface area contributed by atoms with Crippen molar-refractivity contribution >= 4 is 28.8 Å². The van der Waals surface area contributed by atoms with E-state index in [0.717, 1.165) is 30.6 Å². The Kier molecular flexibility index (Phi) is 10.1. The fourth-order valence-corrected chi connectivity index (χ4v) is 3.58. The van der Waals surface area contributed by atoms with Crippen molar-refractivity contribution in [1.82, 2.24) is 10.6 Å². The highest BCUT2D eigenvalue weighted by Gasteiger charge is 2.31. The summed E-state index contributed by atoms with van der Waals surface area (Å²) in [4.78, 5) is 25.3. The summed E-state index contributed by atoms with van der Waals surface area (Å²) in [7, 11) is 1.87. The molecule has 190 valence electrons. The van der Waals surface area contributed by atoms with Crippen LogP contribution in [0.3, 0.4) is 0 Å². The second-order valence-electron chi connectivity index (χ2n) is 10.9. The summed E-state index contributed by atoms with van der Waals surface area (Å²) in [6.07, 6.45) is 2.41. The SMILES string of the molecule is CNc1ccc(N=Nc2ccc(C(=O)NCCCCC(NC(C)(C)C)C(=O)C(C)(C)C)cc2)cc1. The minimum absolute atomic E-state index is 0.119. The number of ketones is 1. The van der Waals surface area contributed by atoms with E-state index < -0.39 is 0 Å². The summed E-state index contributed by atoms with van der Waals surface area (Å²) in [6.45, 7) is 12.7. The minimum atomic E-state index is -0.389. The Labute approximate surface area is 210 Å². The maximum Gasteiger partial charge on any atom is 0.251 e. The molecule has 1 amide bonds. The van der Waals surface area contributed by atoms with Crippen LogP contribution in [-0.4, -0.2) is 36.9 Å². The van der Waals surface area contributed by atoms with Crippen LogP contribution in [-0.2, 0) is 4.79 Å². The van der Waals surface area contributed by atoms with E-state index in [9.17, 15) is 9.59 Å². The van der Waals surface area contributed by atoms with Crippen molar-refractivity contribution in [3.8, 4) is 0 Å². The van der Waals surface area contributed by atoms with Gasteiger partial charge in [0.05, 0.1) is 17.4 Å². The topological polar surface area (TPSA) is 94.9 Å². The molecule has 0 aromatic heterocycles. The summed E-state index contributed by atoms with van der Waals surface area (Å²) in [5.41, 5.74) is 2.51. The van der Waals surface area contributed by atoms with E-state index in [0.29, 0.717) is 17.8 Å². The van der Waals surface area contributed by atoms with Gasteiger partial charge in [-0.3, -0.25) is 9.59 Å². The van der Waals surface area contributed by atoms with Crippen molar-refractivity contribution in [3.05, 3.63) is 54.1 Å². The smallest absolute Gasteiger partial charge is 0.251 e. The van der Waals surface area contributed by atoms with E-state index in [4.69, 9.17) is 0 Å². The molecule has 7 heteroatoms. The van der Waals surface area contributed by atoms with Crippen LogP contribution < -0.4 is 16.0 Å². The van der Waals surface area contributed by atoms with Crippen molar-refractivity contribution in [3.63, 3.8) is 0 Å². The van der Waals surface area contributed by atoms with Gasteiger partial charge in [0, 0.05) is 35.8 Å². The molecule has 3 N–H and O–H groups in total. The molecule has 0 heterocycles. The van der Waals surface area contributed by atoms with E-state index in [1.165, 1.54) is 0 Å². The Morgan fingerprint density at radius 2 is 1.37 bits per heavy atom. The predicted molar refractivity (Wildman–Crippen MR) is 144 cm³/mol. The van der Waals surface area contributed by atoms with Gasteiger partial charge in [0.2, 0.25) is 0 Å². The number of benzene rings is 2. The van der Waals surface area contributed by atoms with Gasteiger partial charge in [0.1, 0.15) is 0 Å². The van der Waals surface area contributed by atoms with Gasteiger partial charge in [-0.1, -0.05) is 20.8 Å². The third-order valence-electron chi connectivity index (χ3n) is 5.43.